The molecule has 0 amide bonds. The van der Waals surface area contributed by atoms with Gasteiger partial charge in [0, 0.05) is 6.04 Å². The predicted molar refractivity (Wildman–Crippen MR) is 96.5 cm³/mol. The minimum absolute atomic E-state index is 0.0251. The second-order valence-electron chi connectivity index (χ2n) is 7.35. The lowest BCUT2D eigenvalue weighted by Gasteiger charge is -2.29. The first kappa shape index (κ1) is 13.5. The van der Waals surface area contributed by atoms with Crippen LogP contribution in [0.3, 0.4) is 0 Å². The van der Waals surface area contributed by atoms with E-state index >= 15 is 0 Å². The van der Waals surface area contributed by atoms with Crippen molar-refractivity contribution in [1.29, 1.82) is 0 Å². The number of benzene rings is 4. The summed E-state index contributed by atoms with van der Waals surface area (Å²) in [7, 11) is 0. The molecule has 0 bridgehead atoms. The average molecular weight is 287 g/mol. The van der Waals surface area contributed by atoms with Gasteiger partial charge in [-0.1, -0.05) is 75.4 Å². The molecule has 0 aromatic heterocycles. The van der Waals surface area contributed by atoms with E-state index < -0.39 is 0 Å². The Kier molecular flexibility index (Phi) is 2.73. The maximum Gasteiger partial charge on any atom is 0.0350 e. The van der Waals surface area contributed by atoms with Gasteiger partial charge in [-0.2, -0.15) is 0 Å². The highest BCUT2D eigenvalue weighted by Gasteiger charge is 2.24. The van der Waals surface area contributed by atoms with Crippen LogP contribution in [-0.4, -0.2) is 0 Å². The van der Waals surface area contributed by atoms with Crippen LogP contribution in [0.4, 0.5) is 0 Å². The molecule has 1 heteroatoms. The Balaban J connectivity index is 2.17. The minimum atomic E-state index is 0.0251. The van der Waals surface area contributed by atoms with E-state index in [0.717, 1.165) is 0 Å². The minimum Gasteiger partial charge on any atom is -0.323 e. The molecule has 2 N–H and O–H groups in total. The zero-order valence-electron chi connectivity index (χ0n) is 13.4. The third kappa shape index (κ3) is 1.82. The maximum absolute atomic E-state index is 6.57. The summed E-state index contributed by atoms with van der Waals surface area (Å²) in [6.07, 6.45) is 0. The highest BCUT2D eigenvalue weighted by atomic mass is 14.7. The maximum atomic E-state index is 6.57. The Bertz CT molecular complexity index is 960. The molecule has 0 aliphatic carbocycles. The van der Waals surface area contributed by atoms with Crippen LogP contribution >= 0.6 is 0 Å². The van der Waals surface area contributed by atoms with Crippen LogP contribution in [0, 0.1) is 5.41 Å². The van der Waals surface area contributed by atoms with Gasteiger partial charge in [0.25, 0.3) is 0 Å². The molecule has 110 valence electrons. The van der Waals surface area contributed by atoms with Gasteiger partial charge in [-0.3, -0.25) is 0 Å². The summed E-state index contributed by atoms with van der Waals surface area (Å²) in [5.41, 5.74) is 7.86. The molecule has 0 radical (unpaired) electrons. The van der Waals surface area contributed by atoms with E-state index in [1.165, 1.54) is 37.9 Å². The standard InChI is InChI=1S/C21H21N/c1-21(2,3)20(22)17-12-10-15-8-7-13-5-4-6-14-9-11-16(17)19(15)18(13)14/h4-12,20H,22H2,1-3H3/t20-/m1/s1. The fourth-order valence-corrected chi connectivity index (χ4v) is 3.50. The van der Waals surface area contributed by atoms with Crippen molar-refractivity contribution in [2.45, 2.75) is 26.8 Å². The van der Waals surface area contributed by atoms with E-state index in [0.29, 0.717) is 0 Å². The van der Waals surface area contributed by atoms with E-state index in [9.17, 15) is 0 Å². The van der Waals surface area contributed by atoms with Crippen LogP contribution < -0.4 is 5.73 Å². The van der Waals surface area contributed by atoms with Crippen LogP contribution in [0.2, 0.25) is 0 Å². The van der Waals surface area contributed by atoms with Gasteiger partial charge in [-0.15, -0.1) is 0 Å². The second-order valence-corrected chi connectivity index (χ2v) is 7.35. The molecule has 1 atom stereocenters. The molecule has 0 heterocycles. The van der Waals surface area contributed by atoms with Crippen molar-refractivity contribution in [1.82, 2.24) is 0 Å². The SMILES string of the molecule is CC(C)(C)[C@H](N)c1ccc2ccc3cccc4ccc1c2c34. The van der Waals surface area contributed by atoms with Gasteiger partial charge >= 0.3 is 0 Å². The fourth-order valence-electron chi connectivity index (χ4n) is 3.50. The third-order valence-corrected chi connectivity index (χ3v) is 4.83. The zero-order chi connectivity index (χ0) is 15.5. The number of hydrogen-bond donors (Lipinski definition) is 1. The smallest absolute Gasteiger partial charge is 0.0350 e. The summed E-state index contributed by atoms with van der Waals surface area (Å²) >= 11 is 0. The Hall–Kier alpha value is -2.12. The summed E-state index contributed by atoms with van der Waals surface area (Å²) in [4.78, 5) is 0. The van der Waals surface area contributed by atoms with Crippen molar-refractivity contribution in [2.24, 2.45) is 11.1 Å². The first-order valence-electron chi connectivity index (χ1n) is 7.89. The monoisotopic (exact) mass is 287 g/mol. The molecule has 0 saturated heterocycles. The molecule has 4 rings (SSSR count). The topological polar surface area (TPSA) is 26.0 Å². The van der Waals surface area contributed by atoms with E-state index in [4.69, 9.17) is 5.73 Å². The zero-order valence-corrected chi connectivity index (χ0v) is 13.4. The molecular formula is C21H21N. The van der Waals surface area contributed by atoms with Crippen molar-refractivity contribution in [2.75, 3.05) is 0 Å². The number of rotatable bonds is 1. The van der Waals surface area contributed by atoms with Crippen molar-refractivity contribution >= 4 is 32.3 Å². The molecule has 0 saturated carbocycles. The number of hydrogen-bond acceptors (Lipinski definition) is 1. The van der Waals surface area contributed by atoms with Gasteiger partial charge in [0.1, 0.15) is 0 Å². The molecule has 0 aliphatic heterocycles. The summed E-state index contributed by atoms with van der Waals surface area (Å²) < 4.78 is 0. The molecule has 0 spiro atoms. The van der Waals surface area contributed by atoms with E-state index in [2.05, 4.69) is 75.4 Å². The van der Waals surface area contributed by atoms with Crippen LogP contribution in [0.25, 0.3) is 32.3 Å². The number of nitrogens with two attached hydrogens (primary N) is 1. The summed E-state index contributed by atoms with van der Waals surface area (Å²) in [5.74, 6) is 0. The molecule has 0 aliphatic rings. The summed E-state index contributed by atoms with van der Waals surface area (Å²) in [6.45, 7) is 6.61. The second kappa shape index (κ2) is 4.44. The Morgan fingerprint density at radius 2 is 1.27 bits per heavy atom. The van der Waals surface area contributed by atoms with Crippen LogP contribution in [0.15, 0.2) is 54.6 Å². The average Bonchev–Trinajstić information content (AvgIpc) is 2.51. The van der Waals surface area contributed by atoms with Crippen molar-refractivity contribution < 1.29 is 0 Å². The molecule has 4 aromatic carbocycles. The van der Waals surface area contributed by atoms with Crippen molar-refractivity contribution in [3.8, 4) is 0 Å². The first-order valence-corrected chi connectivity index (χ1v) is 7.89. The van der Waals surface area contributed by atoms with Gasteiger partial charge in [0.05, 0.1) is 0 Å². The fraction of sp³-hybridized carbons (Fsp3) is 0.238. The molecule has 0 unspecified atom stereocenters. The Morgan fingerprint density at radius 1 is 0.727 bits per heavy atom. The van der Waals surface area contributed by atoms with Gasteiger partial charge in [0.15, 0.2) is 0 Å². The van der Waals surface area contributed by atoms with Gasteiger partial charge in [0.2, 0.25) is 0 Å². The lowest BCUT2D eigenvalue weighted by molar-refractivity contribution is 0.328. The molecule has 0 fully saturated rings. The molecule has 1 nitrogen and oxygen atoms in total. The highest BCUT2D eigenvalue weighted by Crippen LogP contribution is 2.40. The van der Waals surface area contributed by atoms with Crippen LogP contribution in [-0.2, 0) is 0 Å². The molecular weight excluding hydrogens is 266 g/mol. The summed E-state index contributed by atoms with van der Waals surface area (Å²) in [5, 5.41) is 7.91. The van der Waals surface area contributed by atoms with E-state index in [-0.39, 0.29) is 11.5 Å². The third-order valence-electron chi connectivity index (χ3n) is 4.83. The van der Waals surface area contributed by atoms with Gasteiger partial charge in [-0.05, 0) is 43.3 Å². The van der Waals surface area contributed by atoms with Crippen LogP contribution in [0.5, 0.6) is 0 Å². The largest absolute Gasteiger partial charge is 0.323 e. The molecule has 4 aromatic rings. The van der Waals surface area contributed by atoms with E-state index in [1.807, 2.05) is 0 Å². The predicted octanol–water partition coefficient (Wildman–Crippen LogP) is 5.63. The lowest BCUT2D eigenvalue weighted by Crippen LogP contribution is -2.26. The Morgan fingerprint density at radius 3 is 1.91 bits per heavy atom. The normalized spacial score (nSPS) is 14.2. The van der Waals surface area contributed by atoms with Crippen molar-refractivity contribution in [3.63, 3.8) is 0 Å². The van der Waals surface area contributed by atoms with Crippen molar-refractivity contribution in [3.05, 3.63) is 60.2 Å². The first-order chi connectivity index (χ1) is 10.5. The highest BCUT2D eigenvalue weighted by molar-refractivity contribution is 6.23. The van der Waals surface area contributed by atoms with Gasteiger partial charge < -0.3 is 5.73 Å². The summed E-state index contributed by atoms with van der Waals surface area (Å²) in [6, 6.07) is 19.9. The van der Waals surface area contributed by atoms with Crippen LogP contribution in [0.1, 0.15) is 32.4 Å². The lowest BCUT2D eigenvalue weighted by atomic mass is 9.80. The van der Waals surface area contributed by atoms with E-state index in [1.54, 1.807) is 0 Å². The molecule has 22 heavy (non-hydrogen) atoms. The van der Waals surface area contributed by atoms with Gasteiger partial charge in [-0.25, -0.2) is 0 Å². The quantitative estimate of drug-likeness (QED) is 0.451. The Labute approximate surface area is 131 Å².